The number of halogens is 5. The van der Waals surface area contributed by atoms with E-state index in [1.165, 1.54) is 0 Å². The summed E-state index contributed by atoms with van der Waals surface area (Å²) in [6.07, 6.45) is -0.672. The van der Waals surface area contributed by atoms with Crippen molar-refractivity contribution in [2.75, 3.05) is 19.7 Å². The molecule has 25 heavy (non-hydrogen) atoms. The predicted molar refractivity (Wildman–Crippen MR) is 104 cm³/mol. The fourth-order valence-corrected chi connectivity index (χ4v) is 3.81. The van der Waals surface area contributed by atoms with Crippen LogP contribution >= 0.6 is 58.0 Å². The molecule has 1 N–H and O–H groups in total. The van der Waals surface area contributed by atoms with Gasteiger partial charge in [0.25, 0.3) is 0 Å². The fraction of sp³-hybridized carbons (Fsp3) is 0.294. The van der Waals surface area contributed by atoms with Gasteiger partial charge in [0.2, 0.25) is 0 Å². The lowest BCUT2D eigenvalue weighted by Crippen LogP contribution is -2.43. The number of hydrogen-bond donors (Lipinski definition) is 1. The van der Waals surface area contributed by atoms with Crippen LogP contribution in [-0.2, 0) is 4.74 Å². The quantitative estimate of drug-likeness (QED) is 0.462. The second-order valence-corrected chi connectivity index (χ2v) is 7.35. The van der Waals surface area contributed by atoms with Gasteiger partial charge in [-0.15, -0.1) is 0 Å². The molecule has 2 aromatic carbocycles. The van der Waals surface area contributed by atoms with E-state index < -0.39 is 6.10 Å². The minimum absolute atomic E-state index is 0.0949. The molecule has 0 unspecified atom stereocenters. The van der Waals surface area contributed by atoms with Crippen molar-refractivity contribution in [2.24, 2.45) is 0 Å². The Kier molecular flexibility index (Phi) is 6.61. The Bertz CT molecular complexity index is 721. The summed E-state index contributed by atoms with van der Waals surface area (Å²) in [5, 5.41) is 3.81. The molecular formula is C17H14Cl5NO2. The highest BCUT2D eigenvalue weighted by Crippen LogP contribution is 2.49. The molecule has 0 saturated carbocycles. The van der Waals surface area contributed by atoms with Gasteiger partial charge in [-0.25, -0.2) is 0 Å². The van der Waals surface area contributed by atoms with Crippen molar-refractivity contribution >= 4 is 58.0 Å². The molecule has 0 radical (unpaired) electrons. The van der Waals surface area contributed by atoms with Crippen molar-refractivity contribution < 1.29 is 9.47 Å². The first-order valence-corrected chi connectivity index (χ1v) is 9.45. The Morgan fingerprint density at radius 1 is 0.920 bits per heavy atom. The van der Waals surface area contributed by atoms with Crippen LogP contribution in [0.4, 0.5) is 0 Å². The summed E-state index contributed by atoms with van der Waals surface area (Å²) in [5.74, 6) is 0.186. The van der Waals surface area contributed by atoms with Gasteiger partial charge >= 0.3 is 0 Å². The SMILES string of the molecule is Clc1c(Cl)c(Cl)c(O[C@@H](c2ccccc2)[C@@H]2CNCCO2)c(Cl)c1Cl. The van der Waals surface area contributed by atoms with Gasteiger partial charge in [0.05, 0.1) is 21.7 Å². The van der Waals surface area contributed by atoms with E-state index >= 15 is 0 Å². The van der Waals surface area contributed by atoms with Gasteiger partial charge in [0, 0.05) is 13.1 Å². The molecule has 2 aromatic rings. The lowest BCUT2D eigenvalue weighted by atomic mass is 10.0. The van der Waals surface area contributed by atoms with Crippen molar-refractivity contribution in [3.05, 3.63) is 61.0 Å². The molecule has 0 spiro atoms. The van der Waals surface area contributed by atoms with E-state index in [0.29, 0.717) is 13.2 Å². The first-order chi connectivity index (χ1) is 12.0. The zero-order valence-electron chi connectivity index (χ0n) is 12.9. The van der Waals surface area contributed by atoms with Crippen molar-refractivity contribution in [1.82, 2.24) is 5.32 Å². The summed E-state index contributed by atoms with van der Waals surface area (Å²) in [6.45, 7) is 2.00. The van der Waals surface area contributed by atoms with Crippen molar-refractivity contribution in [3.63, 3.8) is 0 Å². The number of ether oxygens (including phenoxy) is 2. The molecule has 0 aliphatic carbocycles. The smallest absolute Gasteiger partial charge is 0.160 e. The summed E-state index contributed by atoms with van der Waals surface area (Å²) >= 11 is 30.9. The van der Waals surface area contributed by atoms with E-state index in [1.54, 1.807) is 0 Å². The summed E-state index contributed by atoms with van der Waals surface area (Å²) in [5.41, 5.74) is 0.922. The fourth-order valence-electron chi connectivity index (χ4n) is 2.60. The first-order valence-electron chi connectivity index (χ1n) is 7.56. The van der Waals surface area contributed by atoms with Crippen LogP contribution in [0.15, 0.2) is 30.3 Å². The van der Waals surface area contributed by atoms with Gasteiger partial charge in [-0.2, -0.15) is 0 Å². The molecule has 0 amide bonds. The van der Waals surface area contributed by atoms with Crippen LogP contribution in [0.25, 0.3) is 0 Å². The topological polar surface area (TPSA) is 30.5 Å². The zero-order valence-corrected chi connectivity index (χ0v) is 16.6. The predicted octanol–water partition coefficient (Wildman–Crippen LogP) is 6.06. The van der Waals surface area contributed by atoms with Crippen LogP contribution < -0.4 is 10.1 Å². The molecule has 0 aromatic heterocycles. The first kappa shape index (κ1) is 19.4. The van der Waals surface area contributed by atoms with Crippen molar-refractivity contribution in [1.29, 1.82) is 0 Å². The molecule has 1 heterocycles. The Hall–Kier alpha value is -0.390. The molecular weight excluding hydrogens is 427 g/mol. The third-order valence-electron chi connectivity index (χ3n) is 3.84. The van der Waals surface area contributed by atoms with Gasteiger partial charge in [-0.1, -0.05) is 88.3 Å². The highest BCUT2D eigenvalue weighted by molar-refractivity contribution is 6.55. The molecule has 1 fully saturated rings. The summed E-state index contributed by atoms with van der Waals surface area (Å²) in [6, 6.07) is 9.67. The normalized spacial score (nSPS) is 18.8. The van der Waals surface area contributed by atoms with Crippen LogP contribution in [0.2, 0.25) is 25.1 Å². The van der Waals surface area contributed by atoms with Crippen LogP contribution in [-0.4, -0.2) is 25.8 Å². The molecule has 1 aliphatic heterocycles. The van der Waals surface area contributed by atoms with Crippen LogP contribution in [0.3, 0.4) is 0 Å². The highest BCUT2D eigenvalue weighted by atomic mass is 35.5. The number of hydrogen-bond acceptors (Lipinski definition) is 3. The summed E-state index contributed by atoms with van der Waals surface area (Å²) in [4.78, 5) is 0. The third kappa shape index (κ3) is 4.14. The van der Waals surface area contributed by atoms with E-state index in [9.17, 15) is 0 Å². The van der Waals surface area contributed by atoms with Gasteiger partial charge in [-0.05, 0) is 5.56 Å². The third-order valence-corrected chi connectivity index (χ3v) is 6.08. The number of rotatable bonds is 4. The Morgan fingerprint density at radius 3 is 2.08 bits per heavy atom. The average molecular weight is 442 g/mol. The maximum Gasteiger partial charge on any atom is 0.160 e. The van der Waals surface area contributed by atoms with Gasteiger partial charge in [0.1, 0.15) is 16.1 Å². The maximum absolute atomic E-state index is 6.31. The standard InChI is InChI=1S/C17H14Cl5NO2/c18-11-12(19)14(21)17(15(22)13(11)20)25-16(9-4-2-1-3-5-9)10-8-23-6-7-24-10/h1-5,10,16,23H,6-8H2/t10-,16-/m0/s1. The monoisotopic (exact) mass is 439 g/mol. The van der Waals surface area contributed by atoms with Crippen molar-refractivity contribution in [2.45, 2.75) is 12.2 Å². The minimum atomic E-state index is -0.447. The second kappa shape index (κ2) is 8.53. The molecule has 1 saturated heterocycles. The van der Waals surface area contributed by atoms with E-state index in [4.69, 9.17) is 67.5 Å². The lowest BCUT2D eigenvalue weighted by molar-refractivity contribution is -0.0431. The number of morpholine rings is 1. The van der Waals surface area contributed by atoms with Crippen LogP contribution in [0.1, 0.15) is 11.7 Å². The zero-order chi connectivity index (χ0) is 18.0. The molecule has 1 aliphatic rings. The van der Waals surface area contributed by atoms with Gasteiger partial charge in [-0.3, -0.25) is 0 Å². The van der Waals surface area contributed by atoms with E-state index in [2.05, 4.69) is 5.32 Å². The van der Waals surface area contributed by atoms with Crippen LogP contribution in [0.5, 0.6) is 5.75 Å². The Labute approximate surface area is 171 Å². The maximum atomic E-state index is 6.31. The van der Waals surface area contributed by atoms with E-state index in [0.717, 1.165) is 12.1 Å². The van der Waals surface area contributed by atoms with E-state index in [-0.39, 0.29) is 37.0 Å². The van der Waals surface area contributed by atoms with Crippen molar-refractivity contribution in [3.8, 4) is 5.75 Å². The van der Waals surface area contributed by atoms with Gasteiger partial charge < -0.3 is 14.8 Å². The Morgan fingerprint density at radius 2 is 1.52 bits per heavy atom. The van der Waals surface area contributed by atoms with E-state index in [1.807, 2.05) is 30.3 Å². The second-order valence-electron chi connectivity index (χ2n) is 5.46. The Balaban J connectivity index is 2.01. The molecule has 3 nitrogen and oxygen atoms in total. The van der Waals surface area contributed by atoms with Gasteiger partial charge in [0.15, 0.2) is 11.9 Å². The summed E-state index contributed by atoms with van der Waals surface area (Å²) in [7, 11) is 0. The highest BCUT2D eigenvalue weighted by Gasteiger charge is 2.31. The largest absolute Gasteiger partial charge is 0.480 e. The molecule has 2 atom stereocenters. The van der Waals surface area contributed by atoms with Crippen LogP contribution in [0, 0.1) is 0 Å². The molecule has 8 heteroatoms. The average Bonchev–Trinajstić information content (AvgIpc) is 2.66. The molecule has 134 valence electrons. The molecule has 0 bridgehead atoms. The minimum Gasteiger partial charge on any atom is -0.480 e. The molecule has 3 rings (SSSR count). The summed E-state index contributed by atoms with van der Waals surface area (Å²) < 4.78 is 12.0. The lowest BCUT2D eigenvalue weighted by Gasteiger charge is -2.32. The number of nitrogens with one attached hydrogen (secondary N) is 1. The number of benzene rings is 2.